The summed E-state index contributed by atoms with van der Waals surface area (Å²) in [6.07, 6.45) is 5.74. The van der Waals surface area contributed by atoms with Gasteiger partial charge in [-0.25, -0.2) is 21.1 Å². The van der Waals surface area contributed by atoms with Crippen molar-refractivity contribution in [2.75, 3.05) is 104 Å². The number of sulfonamides is 2. The summed E-state index contributed by atoms with van der Waals surface area (Å²) in [4.78, 5) is 25.0. The third-order valence-corrected chi connectivity index (χ3v) is 8.95. The molecule has 0 unspecified atom stereocenters. The van der Waals surface area contributed by atoms with Crippen molar-refractivity contribution in [2.24, 2.45) is 0 Å². The maximum Gasteiger partial charge on any atom is 0.219 e. The minimum atomic E-state index is -2.93. The first-order valence-electron chi connectivity index (χ1n) is 13.2. The van der Waals surface area contributed by atoms with Gasteiger partial charge >= 0.3 is 0 Å². The Morgan fingerprint density at radius 3 is 1.24 bits per heavy atom. The number of piperazine rings is 2. The van der Waals surface area contributed by atoms with Gasteiger partial charge in [0.05, 0.1) is 25.7 Å². The fourth-order valence-electron chi connectivity index (χ4n) is 4.03. The molecular formula is C23H48N6O7S2. The Morgan fingerprint density at radius 2 is 0.947 bits per heavy atom. The first-order chi connectivity index (χ1) is 17.8. The van der Waals surface area contributed by atoms with Crippen LogP contribution in [0.1, 0.15) is 33.1 Å². The average molecular weight is 585 g/mol. The Balaban J connectivity index is 0.000000254. The molecule has 4 fully saturated rings. The molecule has 0 radical (unpaired) electrons. The van der Waals surface area contributed by atoms with Gasteiger partial charge in [0.25, 0.3) is 0 Å². The highest BCUT2D eigenvalue weighted by molar-refractivity contribution is 7.88. The lowest BCUT2D eigenvalue weighted by Crippen LogP contribution is -2.45. The van der Waals surface area contributed by atoms with Crippen LogP contribution in [0.15, 0.2) is 0 Å². The van der Waals surface area contributed by atoms with E-state index in [9.17, 15) is 26.4 Å². The number of amides is 2. The number of morpholine rings is 1. The molecule has 13 nitrogen and oxygen atoms in total. The molecule has 38 heavy (non-hydrogen) atoms. The number of hydrogen-bond acceptors (Lipinski definition) is 9. The number of carbonyl (C=O) groups is 2. The summed E-state index contributed by atoms with van der Waals surface area (Å²) in [5.74, 6) is 0.342. The molecule has 224 valence electrons. The number of piperidine rings is 1. The topological polar surface area (TPSA) is 149 Å². The lowest BCUT2D eigenvalue weighted by Gasteiger charge is -2.25. The smallest absolute Gasteiger partial charge is 0.219 e. The van der Waals surface area contributed by atoms with Crippen LogP contribution < -0.4 is 10.6 Å². The van der Waals surface area contributed by atoms with Crippen LogP contribution in [0, 0.1) is 0 Å². The van der Waals surface area contributed by atoms with Gasteiger partial charge in [-0.05, 0) is 12.8 Å². The van der Waals surface area contributed by atoms with Gasteiger partial charge in [-0.2, -0.15) is 4.31 Å². The molecule has 0 aromatic carbocycles. The number of nitrogens with one attached hydrogen (secondary N) is 2. The third kappa shape index (κ3) is 15.3. The SMILES string of the molecule is CC(=O)N1CCNCC1.CC(=O)N1CCOCC1.CS(=O)(=O)N1CCCCC1.CS(=O)(=O)N1CCNCC1. The molecule has 4 aliphatic rings. The van der Waals surface area contributed by atoms with Crippen molar-refractivity contribution >= 4 is 31.9 Å². The molecule has 0 bridgehead atoms. The zero-order chi connectivity index (χ0) is 28.6. The molecule has 0 saturated carbocycles. The van der Waals surface area contributed by atoms with Crippen molar-refractivity contribution in [2.45, 2.75) is 33.1 Å². The van der Waals surface area contributed by atoms with E-state index in [0.717, 1.165) is 78.3 Å². The molecule has 2 N–H and O–H groups in total. The second kappa shape index (κ2) is 18.1. The van der Waals surface area contributed by atoms with Gasteiger partial charge in [0, 0.05) is 92.4 Å². The van der Waals surface area contributed by atoms with Crippen molar-refractivity contribution in [3.8, 4) is 0 Å². The Morgan fingerprint density at radius 1 is 0.579 bits per heavy atom. The standard InChI is InChI=1S/C6H12N2O.C6H13NO2S.C6H11NO2.C5H12N2O2S/c1-6(9)8-4-2-7-3-5-8;1-10(8,9)7-5-3-2-4-6-7;1-6(8)7-2-4-9-5-3-7;1-10(8,9)7-4-2-6-3-5-7/h7H,2-5H2,1H3;2-6H2,1H3;2-5H2,1H3;6H,2-5H2,1H3. The van der Waals surface area contributed by atoms with Crippen LogP contribution in [0.25, 0.3) is 0 Å². The fraction of sp³-hybridized carbons (Fsp3) is 0.913. The minimum absolute atomic E-state index is 0.151. The molecule has 0 aromatic rings. The van der Waals surface area contributed by atoms with E-state index in [1.54, 1.807) is 23.1 Å². The Hall–Kier alpha value is -1.36. The van der Waals surface area contributed by atoms with Crippen molar-refractivity contribution < 1.29 is 31.2 Å². The van der Waals surface area contributed by atoms with Gasteiger partial charge in [-0.1, -0.05) is 6.42 Å². The van der Waals surface area contributed by atoms with Crippen molar-refractivity contribution in [3.63, 3.8) is 0 Å². The molecular weight excluding hydrogens is 536 g/mol. The number of nitrogens with zero attached hydrogens (tertiary/aromatic N) is 4. The molecule has 0 aliphatic carbocycles. The minimum Gasteiger partial charge on any atom is -0.378 e. The largest absolute Gasteiger partial charge is 0.378 e. The van der Waals surface area contributed by atoms with Crippen molar-refractivity contribution in [1.29, 1.82) is 0 Å². The van der Waals surface area contributed by atoms with Crippen LogP contribution in [0.2, 0.25) is 0 Å². The van der Waals surface area contributed by atoms with Crippen LogP contribution in [0.3, 0.4) is 0 Å². The summed E-state index contributed by atoms with van der Waals surface area (Å²) in [6.45, 7) is 13.9. The van der Waals surface area contributed by atoms with E-state index in [4.69, 9.17) is 4.74 Å². The van der Waals surface area contributed by atoms with Gasteiger partial charge < -0.3 is 25.2 Å². The highest BCUT2D eigenvalue weighted by atomic mass is 32.2. The molecule has 4 saturated heterocycles. The predicted octanol–water partition coefficient (Wildman–Crippen LogP) is -1.41. The molecule has 0 aromatic heterocycles. The number of hydrogen-bond donors (Lipinski definition) is 2. The number of ether oxygens (including phenoxy) is 1. The maximum absolute atomic E-state index is 10.9. The van der Waals surface area contributed by atoms with E-state index in [2.05, 4.69) is 10.6 Å². The molecule has 15 heteroatoms. The lowest BCUT2D eigenvalue weighted by atomic mass is 10.2. The summed E-state index contributed by atoms with van der Waals surface area (Å²) < 4.78 is 51.7. The van der Waals surface area contributed by atoms with E-state index in [-0.39, 0.29) is 11.8 Å². The van der Waals surface area contributed by atoms with Gasteiger partial charge in [0.2, 0.25) is 31.9 Å². The highest BCUT2D eigenvalue weighted by Crippen LogP contribution is 2.11. The zero-order valence-electron chi connectivity index (χ0n) is 23.5. The van der Waals surface area contributed by atoms with Gasteiger partial charge in [-0.3, -0.25) is 9.59 Å². The summed E-state index contributed by atoms with van der Waals surface area (Å²) in [7, 11) is -5.83. The van der Waals surface area contributed by atoms with Gasteiger partial charge in [-0.15, -0.1) is 0 Å². The van der Waals surface area contributed by atoms with Crippen molar-refractivity contribution in [1.82, 2.24) is 29.0 Å². The molecule has 0 spiro atoms. The Kier molecular flexibility index (Phi) is 16.5. The fourth-order valence-corrected chi connectivity index (χ4v) is 5.80. The second-order valence-corrected chi connectivity index (χ2v) is 13.5. The quantitative estimate of drug-likeness (QED) is 0.399. The Labute approximate surface area is 229 Å². The predicted molar refractivity (Wildman–Crippen MR) is 148 cm³/mol. The monoisotopic (exact) mass is 584 g/mol. The average Bonchev–Trinajstić information content (AvgIpc) is 2.91. The van der Waals surface area contributed by atoms with Crippen LogP contribution in [-0.4, -0.2) is 151 Å². The van der Waals surface area contributed by atoms with E-state index in [1.165, 1.54) is 23.2 Å². The van der Waals surface area contributed by atoms with Crippen molar-refractivity contribution in [3.05, 3.63) is 0 Å². The molecule has 2 amide bonds. The van der Waals surface area contributed by atoms with Crippen LogP contribution >= 0.6 is 0 Å². The normalized spacial score (nSPS) is 21.5. The Bertz CT molecular complexity index is 819. The number of carbonyl (C=O) groups excluding carboxylic acids is 2. The van der Waals surface area contributed by atoms with E-state index >= 15 is 0 Å². The summed E-state index contributed by atoms with van der Waals surface area (Å²) in [6, 6.07) is 0. The number of rotatable bonds is 2. The second-order valence-electron chi connectivity index (χ2n) is 9.51. The molecule has 4 heterocycles. The highest BCUT2D eigenvalue weighted by Gasteiger charge is 2.19. The van der Waals surface area contributed by atoms with E-state index < -0.39 is 20.0 Å². The first-order valence-corrected chi connectivity index (χ1v) is 16.9. The summed E-state index contributed by atoms with van der Waals surface area (Å²) >= 11 is 0. The van der Waals surface area contributed by atoms with E-state index in [0.29, 0.717) is 26.3 Å². The summed E-state index contributed by atoms with van der Waals surface area (Å²) in [5.41, 5.74) is 0. The van der Waals surface area contributed by atoms with Crippen LogP contribution in [0.5, 0.6) is 0 Å². The zero-order valence-corrected chi connectivity index (χ0v) is 25.1. The van der Waals surface area contributed by atoms with Gasteiger partial charge in [0.15, 0.2) is 0 Å². The molecule has 0 atom stereocenters. The summed E-state index contributed by atoms with van der Waals surface area (Å²) in [5, 5.41) is 6.26. The van der Waals surface area contributed by atoms with E-state index in [1.807, 2.05) is 4.90 Å². The first kappa shape index (κ1) is 34.7. The van der Waals surface area contributed by atoms with Crippen LogP contribution in [-0.2, 0) is 34.4 Å². The lowest BCUT2D eigenvalue weighted by molar-refractivity contribution is -0.132. The molecule has 4 rings (SSSR count). The van der Waals surface area contributed by atoms with Crippen LogP contribution in [0.4, 0.5) is 0 Å². The molecule has 4 aliphatic heterocycles. The maximum atomic E-state index is 10.9. The van der Waals surface area contributed by atoms with Gasteiger partial charge in [0.1, 0.15) is 0 Å². The third-order valence-electron chi connectivity index (χ3n) is 6.35.